The van der Waals surface area contributed by atoms with E-state index >= 15 is 0 Å². The molecular formula is C22H21N3O5S2. The van der Waals surface area contributed by atoms with Crippen LogP contribution in [-0.2, 0) is 16.1 Å². The molecule has 0 spiro atoms. The predicted molar refractivity (Wildman–Crippen MR) is 127 cm³/mol. The Morgan fingerprint density at radius 2 is 2.09 bits per heavy atom. The average molecular weight is 472 g/mol. The molecule has 166 valence electrons. The van der Waals surface area contributed by atoms with Crippen LogP contribution in [0.15, 0.2) is 53.5 Å². The quantitative estimate of drug-likeness (QED) is 0.210. The number of ether oxygens (including phenoxy) is 1. The fourth-order valence-electron chi connectivity index (χ4n) is 2.94. The van der Waals surface area contributed by atoms with Crippen molar-refractivity contribution in [2.24, 2.45) is 4.99 Å². The maximum absolute atomic E-state index is 12.5. The molecule has 0 N–H and O–H groups in total. The zero-order valence-corrected chi connectivity index (χ0v) is 19.1. The minimum Gasteiger partial charge on any atom is -0.462 e. The SMILES string of the molecule is CCOC(=O)c1ccc2c(c1)sc(=NC(=O)/C=C/c1cccc([N+](=O)[O-])c1)n2CCSC. The molecule has 8 nitrogen and oxygen atoms in total. The van der Waals surface area contributed by atoms with E-state index in [0.29, 0.717) is 29.1 Å². The number of hydrogen-bond acceptors (Lipinski definition) is 7. The van der Waals surface area contributed by atoms with Gasteiger partial charge in [-0.2, -0.15) is 16.8 Å². The van der Waals surface area contributed by atoms with E-state index in [1.807, 2.05) is 16.9 Å². The molecule has 1 aromatic heterocycles. The zero-order chi connectivity index (χ0) is 23.1. The molecule has 3 rings (SSSR count). The summed E-state index contributed by atoms with van der Waals surface area (Å²) in [7, 11) is 0. The molecule has 1 heterocycles. The van der Waals surface area contributed by atoms with Gasteiger partial charge < -0.3 is 9.30 Å². The maximum atomic E-state index is 12.5. The van der Waals surface area contributed by atoms with Gasteiger partial charge in [-0.1, -0.05) is 23.5 Å². The number of nitro groups is 1. The van der Waals surface area contributed by atoms with Crippen LogP contribution >= 0.6 is 23.1 Å². The number of thioether (sulfide) groups is 1. The van der Waals surface area contributed by atoms with E-state index in [4.69, 9.17) is 4.74 Å². The molecule has 0 bridgehead atoms. The molecule has 1 amide bonds. The number of aryl methyl sites for hydroxylation is 1. The molecule has 32 heavy (non-hydrogen) atoms. The number of nitro benzene ring substituents is 1. The van der Waals surface area contributed by atoms with E-state index < -0.39 is 16.8 Å². The second-order valence-electron chi connectivity index (χ2n) is 6.57. The summed E-state index contributed by atoms with van der Waals surface area (Å²) in [6.07, 6.45) is 4.78. The topological polar surface area (TPSA) is 104 Å². The van der Waals surface area contributed by atoms with Gasteiger partial charge in [0.25, 0.3) is 11.6 Å². The predicted octanol–water partition coefficient (Wildman–Crippen LogP) is 4.29. The van der Waals surface area contributed by atoms with Gasteiger partial charge in [0.05, 0.1) is 27.3 Å². The third-order valence-electron chi connectivity index (χ3n) is 4.42. The Hall–Kier alpha value is -3.24. The number of thiazole rings is 1. The summed E-state index contributed by atoms with van der Waals surface area (Å²) in [4.78, 5) is 39.7. The fraction of sp³-hybridized carbons (Fsp3) is 0.227. The van der Waals surface area contributed by atoms with Crippen molar-refractivity contribution in [3.63, 3.8) is 0 Å². The Bertz CT molecular complexity index is 1260. The van der Waals surface area contributed by atoms with Crippen LogP contribution in [0.25, 0.3) is 16.3 Å². The smallest absolute Gasteiger partial charge is 0.338 e. The van der Waals surface area contributed by atoms with Crippen molar-refractivity contribution in [1.82, 2.24) is 4.57 Å². The van der Waals surface area contributed by atoms with E-state index in [9.17, 15) is 19.7 Å². The van der Waals surface area contributed by atoms with Gasteiger partial charge in [-0.05, 0) is 43.0 Å². The highest BCUT2D eigenvalue weighted by Crippen LogP contribution is 2.20. The van der Waals surface area contributed by atoms with Crippen molar-refractivity contribution in [2.45, 2.75) is 13.5 Å². The summed E-state index contributed by atoms with van der Waals surface area (Å²) in [6, 6.07) is 11.3. The first-order valence-corrected chi connectivity index (χ1v) is 11.9. The summed E-state index contributed by atoms with van der Waals surface area (Å²) in [6.45, 7) is 2.70. The molecule has 0 unspecified atom stereocenters. The molecule has 3 aromatic rings. The van der Waals surface area contributed by atoms with E-state index in [0.717, 1.165) is 16.0 Å². The maximum Gasteiger partial charge on any atom is 0.338 e. The lowest BCUT2D eigenvalue weighted by Gasteiger charge is -2.05. The summed E-state index contributed by atoms with van der Waals surface area (Å²) in [5.74, 6) is -0.0457. The van der Waals surface area contributed by atoms with Crippen molar-refractivity contribution in [2.75, 3.05) is 18.6 Å². The van der Waals surface area contributed by atoms with Crippen LogP contribution in [0, 0.1) is 10.1 Å². The second kappa shape index (κ2) is 10.9. The molecule has 2 aromatic carbocycles. The normalized spacial score (nSPS) is 11.9. The molecule has 0 fully saturated rings. The van der Waals surface area contributed by atoms with E-state index in [1.54, 1.807) is 43.0 Å². The number of hydrogen-bond donors (Lipinski definition) is 0. The molecule has 0 aliphatic carbocycles. The highest BCUT2D eigenvalue weighted by molar-refractivity contribution is 7.98. The molecular weight excluding hydrogens is 450 g/mol. The molecule has 10 heteroatoms. The number of esters is 1. The van der Waals surface area contributed by atoms with Crippen molar-refractivity contribution in [1.29, 1.82) is 0 Å². The average Bonchev–Trinajstić information content (AvgIpc) is 3.12. The molecule has 0 radical (unpaired) electrons. The van der Waals surface area contributed by atoms with Gasteiger partial charge in [0.15, 0.2) is 4.80 Å². The van der Waals surface area contributed by atoms with E-state index in [-0.39, 0.29) is 5.69 Å². The van der Waals surface area contributed by atoms with Gasteiger partial charge in [0.2, 0.25) is 0 Å². The largest absolute Gasteiger partial charge is 0.462 e. The lowest BCUT2D eigenvalue weighted by atomic mass is 10.2. The summed E-state index contributed by atoms with van der Waals surface area (Å²) in [5, 5.41) is 10.9. The van der Waals surface area contributed by atoms with Gasteiger partial charge in [-0.3, -0.25) is 14.9 Å². The Balaban J connectivity index is 1.95. The Kier molecular flexibility index (Phi) is 7.96. The minimum atomic E-state index is -0.486. The highest BCUT2D eigenvalue weighted by Gasteiger charge is 2.12. The molecule has 0 aliphatic heterocycles. The number of rotatable bonds is 8. The Morgan fingerprint density at radius 1 is 1.28 bits per heavy atom. The van der Waals surface area contributed by atoms with Crippen molar-refractivity contribution in [3.8, 4) is 0 Å². The van der Waals surface area contributed by atoms with Gasteiger partial charge in [0, 0.05) is 30.5 Å². The van der Waals surface area contributed by atoms with Gasteiger partial charge in [0.1, 0.15) is 0 Å². The second-order valence-corrected chi connectivity index (χ2v) is 8.56. The lowest BCUT2D eigenvalue weighted by Crippen LogP contribution is -2.17. The number of nitrogens with zero attached hydrogens (tertiary/aromatic N) is 3. The first-order valence-electron chi connectivity index (χ1n) is 9.73. The van der Waals surface area contributed by atoms with E-state index in [1.165, 1.54) is 35.6 Å². The zero-order valence-electron chi connectivity index (χ0n) is 17.5. The summed E-state index contributed by atoms with van der Waals surface area (Å²) >= 11 is 2.99. The molecule has 0 saturated heterocycles. The van der Waals surface area contributed by atoms with E-state index in [2.05, 4.69) is 4.99 Å². The summed E-state index contributed by atoms with van der Waals surface area (Å²) in [5.41, 5.74) is 1.81. The van der Waals surface area contributed by atoms with Crippen LogP contribution in [0.2, 0.25) is 0 Å². The number of benzene rings is 2. The Morgan fingerprint density at radius 3 is 2.81 bits per heavy atom. The van der Waals surface area contributed by atoms with Crippen molar-refractivity contribution in [3.05, 3.63) is 74.6 Å². The summed E-state index contributed by atoms with van der Waals surface area (Å²) < 4.78 is 7.84. The van der Waals surface area contributed by atoms with Crippen LogP contribution in [-0.4, -0.2) is 40.0 Å². The fourth-order valence-corrected chi connectivity index (χ4v) is 4.41. The van der Waals surface area contributed by atoms with Gasteiger partial charge >= 0.3 is 5.97 Å². The molecule has 0 atom stereocenters. The first-order chi connectivity index (χ1) is 15.4. The minimum absolute atomic E-state index is 0.0478. The van der Waals surface area contributed by atoms with Crippen molar-refractivity contribution < 1.29 is 19.2 Å². The number of non-ortho nitro benzene ring substituents is 1. The number of amides is 1. The van der Waals surface area contributed by atoms with Crippen LogP contribution < -0.4 is 4.80 Å². The lowest BCUT2D eigenvalue weighted by molar-refractivity contribution is -0.384. The number of fused-ring (bicyclic) bond motifs is 1. The van der Waals surface area contributed by atoms with Crippen molar-refractivity contribution >= 4 is 57.0 Å². The highest BCUT2D eigenvalue weighted by atomic mass is 32.2. The first kappa shape index (κ1) is 23.4. The van der Waals surface area contributed by atoms with Crippen LogP contribution in [0.5, 0.6) is 0 Å². The third-order valence-corrected chi connectivity index (χ3v) is 6.05. The number of carbonyl (C=O) groups excluding carboxylic acids is 2. The number of carbonyl (C=O) groups is 2. The monoisotopic (exact) mass is 471 g/mol. The van der Waals surface area contributed by atoms with Crippen LogP contribution in [0.1, 0.15) is 22.8 Å². The molecule has 0 saturated carbocycles. The molecule has 0 aliphatic rings. The van der Waals surface area contributed by atoms with Gasteiger partial charge in [-0.25, -0.2) is 4.79 Å². The van der Waals surface area contributed by atoms with Crippen LogP contribution in [0.3, 0.4) is 0 Å². The van der Waals surface area contributed by atoms with Gasteiger partial charge in [-0.15, -0.1) is 0 Å². The third kappa shape index (κ3) is 5.71. The van der Waals surface area contributed by atoms with Crippen LogP contribution in [0.4, 0.5) is 5.69 Å². The standard InChI is InChI=1S/C22H21N3O5S2/c1-3-30-21(27)16-8-9-18-19(14-16)32-22(24(18)11-12-31-2)23-20(26)10-7-15-5-4-6-17(13-15)25(28)29/h4-10,13-14H,3,11-12H2,1-2H3/b10-7+,23-22?. The Labute approximate surface area is 192 Å². The number of aromatic nitrogens is 1.